The van der Waals surface area contributed by atoms with E-state index in [1.165, 1.54) is 12.4 Å². The zero-order chi connectivity index (χ0) is 13.1. The van der Waals surface area contributed by atoms with Crippen molar-refractivity contribution in [1.29, 1.82) is 0 Å². The number of nitrogens with one attached hydrogen (secondary N) is 1. The van der Waals surface area contributed by atoms with E-state index in [1.807, 2.05) is 0 Å². The molecule has 1 aromatic rings. The fourth-order valence-corrected chi connectivity index (χ4v) is 2.34. The fourth-order valence-electron chi connectivity index (χ4n) is 2.19. The van der Waals surface area contributed by atoms with Crippen LogP contribution in [0.2, 0.25) is 5.15 Å². The van der Waals surface area contributed by atoms with Gasteiger partial charge < -0.3 is 10.4 Å². The van der Waals surface area contributed by atoms with Gasteiger partial charge in [0.25, 0.3) is 0 Å². The number of hydrogen-bond acceptors (Lipinski definition) is 4. The number of nitrogens with zero attached hydrogens (tertiary/aromatic N) is 2. The molecule has 1 aliphatic rings. The van der Waals surface area contributed by atoms with Crippen LogP contribution in [0.1, 0.15) is 19.3 Å². The third kappa shape index (κ3) is 2.76. The van der Waals surface area contributed by atoms with E-state index < -0.39 is 17.8 Å². The number of carbonyl (C=O) groups is 2. The second kappa shape index (κ2) is 5.30. The molecular formula is C11H12ClN3O3. The molecule has 1 saturated carbocycles. The zero-order valence-electron chi connectivity index (χ0n) is 9.47. The van der Waals surface area contributed by atoms with Gasteiger partial charge in [0.2, 0.25) is 5.91 Å². The van der Waals surface area contributed by atoms with Gasteiger partial charge in [-0.15, -0.1) is 0 Å². The molecule has 0 bridgehead atoms. The van der Waals surface area contributed by atoms with Crippen LogP contribution in [0.5, 0.6) is 0 Å². The first-order valence-electron chi connectivity index (χ1n) is 5.59. The predicted molar refractivity (Wildman–Crippen MR) is 64.1 cm³/mol. The number of halogens is 1. The summed E-state index contributed by atoms with van der Waals surface area (Å²) in [6.07, 6.45) is 3.11. The monoisotopic (exact) mass is 269 g/mol. The summed E-state index contributed by atoms with van der Waals surface area (Å²) in [5, 5.41) is 11.8. The van der Waals surface area contributed by atoms with Crippen molar-refractivity contribution in [3.63, 3.8) is 0 Å². The van der Waals surface area contributed by atoms with Gasteiger partial charge in [0.1, 0.15) is 17.3 Å². The lowest BCUT2D eigenvalue weighted by molar-refractivity contribution is -0.145. The summed E-state index contributed by atoms with van der Waals surface area (Å²) in [6, 6.07) is 1.42. The van der Waals surface area contributed by atoms with E-state index in [0.717, 1.165) is 6.42 Å². The van der Waals surface area contributed by atoms with E-state index in [9.17, 15) is 9.59 Å². The van der Waals surface area contributed by atoms with Crippen LogP contribution in [-0.2, 0) is 9.59 Å². The minimum atomic E-state index is -0.923. The number of amides is 1. The number of carboxylic acids is 1. The number of aliphatic carboxylic acids is 1. The van der Waals surface area contributed by atoms with Crippen molar-refractivity contribution in [1.82, 2.24) is 9.97 Å². The molecule has 1 fully saturated rings. The average molecular weight is 270 g/mol. The second-order valence-electron chi connectivity index (χ2n) is 4.20. The maximum absolute atomic E-state index is 12.0. The quantitative estimate of drug-likeness (QED) is 0.813. The van der Waals surface area contributed by atoms with Gasteiger partial charge in [0, 0.05) is 6.07 Å². The number of carbonyl (C=O) groups excluding carboxylic acids is 1. The normalized spacial score (nSPS) is 22.7. The number of carboxylic acid groups (broad SMARTS) is 1. The molecule has 0 aromatic carbocycles. The van der Waals surface area contributed by atoms with E-state index in [1.54, 1.807) is 0 Å². The Hall–Kier alpha value is -1.69. The summed E-state index contributed by atoms with van der Waals surface area (Å²) < 4.78 is 0. The molecule has 1 amide bonds. The molecule has 6 nitrogen and oxygen atoms in total. The van der Waals surface area contributed by atoms with Crippen molar-refractivity contribution >= 4 is 29.3 Å². The van der Waals surface area contributed by atoms with Crippen LogP contribution in [0.4, 0.5) is 5.82 Å². The Kier molecular flexibility index (Phi) is 3.76. The lowest BCUT2D eigenvalue weighted by Crippen LogP contribution is -2.30. The Morgan fingerprint density at radius 2 is 2.06 bits per heavy atom. The van der Waals surface area contributed by atoms with Gasteiger partial charge in [-0.05, 0) is 12.8 Å². The summed E-state index contributed by atoms with van der Waals surface area (Å²) >= 11 is 5.67. The lowest BCUT2D eigenvalue weighted by Gasteiger charge is -2.14. The molecule has 2 N–H and O–H groups in total. The number of anilines is 1. The molecular weight excluding hydrogens is 258 g/mol. The fraction of sp³-hybridized carbons (Fsp3) is 0.455. The Balaban J connectivity index is 2.06. The van der Waals surface area contributed by atoms with Crippen molar-refractivity contribution in [2.24, 2.45) is 11.8 Å². The average Bonchev–Trinajstić information content (AvgIpc) is 2.77. The summed E-state index contributed by atoms with van der Waals surface area (Å²) in [5.74, 6) is -2.07. The van der Waals surface area contributed by atoms with Gasteiger partial charge in [0.15, 0.2) is 0 Å². The highest BCUT2D eigenvalue weighted by atomic mass is 35.5. The van der Waals surface area contributed by atoms with Crippen molar-refractivity contribution in [2.45, 2.75) is 19.3 Å². The van der Waals surface area contributed by atoms with Gasteiger partial charge in [0.05, 0.1) is 11.8 Å². The Morgan fingerprint density at radius 1 is 1.33 bits per heavy atom. The zero-order valence-corrected chi connectivity index (χ0v) is 10.2. The van der Waals surface area contributed by atoms with Crippen LogP contribution in [0.15, 0.2) is 12.4 Å². The highest BCUT2D eigenvalue weighted by Gasteiger charge is 2.37. The van der Waals surface area contributed by atoms with E-state index in [4.69, 9.17) is 16.7 Å². The Morgan fingerprint density at radius 3 is 2.72 bits per heavy atom. The van der Waals surface area contributed by atoms with Gasteiger partial charge in [-0.3, -0.25) is 9.59 Å². The van der Waals surface area contributed by atoms with Crippen molar-refractivity contribution in [3.8, 4) is 0 Å². The highest BCUT2D eigenvalue weighted by molar-refractivity contribution is 6.29. The van der Waals surface area contributed by atoms with E-state index in [2.05, 4.69) is 15.3 Å². The molecule has 7 heteroatoms. The van der Waals surface area contributed by atoms with Crippen LogP contribution < -0.4 is 5.32 Å². The topological polar surface area (TPSA) is 92.2 Å². The molecule has 1 heterocycles. The first kappa shape index (κ1) is 12.8. The van der Waals surface area contributed by atoms with Crippen LogP contribution in [0, 0.1) is 11.8 Å². The number of aromatic nitrogens is 2. The first-order valence-corrected chi connectivity index (χ1v) is 5.97. The van der Waals surface area contributed by atoms with Crippen molar-refractivity contribution < 1.29 is 14.7 Å². The van der Waals surface area contributed by atoms with Crippen molar-refractivity contribution in [3.05, 3.63) is 17.5 Å². The van der Waals surface area contributed by atoms with Crippen LogP contribution >= 0.6 is 11.6 Å². The summed E-state index contributed by atoms with van der Waals surface area (Å²) in [7, 11) is 0. The lowest BCUT2D eigenvalue weighted by atomic mass is 9.95. The van der Waals surface area contributed by atoms with E-state index in [-0.39, 0.29) is 16.9 Å². The van der Waals surface area contributed by atoms with E-state index >= 15 is 0 Å². The summed E-state index contributed by atoms with van der Waals surface area (Å²) in [6.45, 7) is 0. The molecule has 2 unspecified atom stereocenters. The van der Waals surface area contributed by atoms with E-state index in [0.29, 0.717) is 12.8 Å². The van der Waals surface area contributed by atoms with Gasteiger partial charge in [-0.1, -0.05) is 18.0 Å². The van der Waals surface area contributed by atoms with Gasteiger partial charge >= 0.3 is 5.97 Å². The molecule has 2 rings (SSSR count). The predicted octanol–water partition coefficient (Wildman–Crippen LogP) is 1.57. The minimum Gasteiger partial charge on any atom is -0.481 e. The molecule has 1 aliphatic carbocycles. The Labute approximate surface area is 108 Å². The highest BCUT2D eigenvalue weighted by Crippen LogP contribution is 2.32. The molecule has 0 radical (unpaired) electrons. The molecule has 0 spiro atoms. The number of rotatable bonds is 3. The van der Waals surface area contributed by atoms with Crippen LogP contribution in [0.3, 0.4) is 0 Å². The first-order chi connectivity index (χ1) is 8.58. The molecule has 0 saturated heterocycles. The van der Waals surface area contributed by atoms with Crippen LogP contribution in [0.25, 0.3) is 0 Å². The summed E-state index contributed by atoms with van der Waals surface area (Å²) in [4.78, 5) is 30.5. The van der Waals surface area contributed by atoms with Gasteiger partial charge in [-0.25, -0.2) is 9.97 Å². The maximum Gasteiger partial charge on any atom is 0.307 e. The molecule has 18 heavy (non-hydrogen) atoms. The second-order valence-corrected chi connectivity index (χ2v) is 4.58. The molecule has 1 aromatic heterocycles. The van der Waals surface area contributed by atoms with Gasteiger partial charge in [-0.2, -0.15) is 0 Å². The molecule has 2 atom stereocenters. The smallest absolute Gasteiger partial charge is 0.307 e. The minimum absolute atomic E-state index is 0.224. The maximum atomic E-state index is 12.0. The molecule has 0 aliphatic heterocycles. The third-order valence-electron chi connectivity index (χ3n) is 3.05. The largest absolute Gasteiger partial charge is 0.481 e. The third-order valence-corrected chi connectivity index (χ3v) is 3.26. The summed E-state index contributed by atoms with van der Waals surface area (Å²) in [5.41, 5.74) is 0. The standard InChI is InChI=1S/C11H12ClN3O3/c12-8-4-9(14-5-13-8)15-10(16)6-2-1-3-7(6)11(17)18/h4-7H,1-3H2,(H,17,18)(H,13,14,15,16). The van der Waals surface area contributed by atoms with Crippen LogP contribution in [-0.4, -0.2) is 27.0 Å². The Bertz CT molecular complexity index is 480. The molecule has 96 valence electrons. The van der Waals surface area contributed by atoms with Crippen molar-refractivity contribution in [2.75, 3.05) is 5.32 Å². The SMILES string of the molecule is O=C(O)C1CCCC1C(=O)Nc1cc(Cl)ncn1. The number of hydrogen-bond donors (Lipinski definition) is 2.